The van der Waals surface area contributed by atoms with E-state index in [0.29, 0.717) is 19.4 Å². The minimum atomic E-state index is -5.14. The van der Waals surface area contributed by atoms with Crippen molar-refractivity contribution in [3.8, 4) is 0 Å². The quantitative estimate of drug-likeness (QED) is 0.105. The van der Waals surface area contributed by atoms with Crippen LogP contribution in [-0.2, 0) is 13.9 Å². The Morgan fingerprint density at radius 2 is 1.45 bits per heavy atom. The Morgan fingerprint density at radius 1 is 1.14 bits per heavy atom. The average Bonchev–Trinajstić information content (AvgIpc) is 2.18. The van der Waals surface area contributed by atoms with E-state index in [4.69, 9.17) is 55.9 Å². The molecule has 0 saturated carbocycles. The number of aliphatic imine (C=N–C) groups is 1. The first kappa shape index (κ1) is 25.8. The Hall–Kier alpha value is -1.11. The average molecular weight is 372 g/mol. The highest BCUT2D eigenvalue weighted by atomic mass is 31.2. The predicted octanol–water partition coefficient (Wildman–Crippen LogP) is -2.43. The number of hydrogen-bond donors (Lipinski definition) is 9. The maximum Gasteiger partial charge on any atom is 0.507 e. The second kappa shape index (κ2) is 12.4. The molecule has 16 heteroatoms. The zero-order valence-electron chi connectivity index (χ0n) is 11.1. The lowest BCUT2D eigenvalue weighted by molar-refractivity contribution is -0.138. The van der Waals surface area contributed by atoms with Crippen molar-refractivity contribution in [1.29, 1.82) is 0 Å². The van der Waals surface area contributed by atoms with E-state index >= 15 is 0 Å². The van der Waals surface area contributed by atoms with Gasteiger partial charge in [0, 0.05) is 6.54 Å². The first-order chi connectivity index (χ1) is 9.54. The molecule has 0 aromatic carbocycles. The molecule has 134 valence electrons. The summed E-state index contributed by atoms with van der Waals surface area (Å²) >= 11 is 0. The third-order valence-corrected chi connectivity index (χ3v) is 1.28. The second-order valence-electron chi connectivity index (χ2n) is 3.38. The molecule has 0 amide bonds. The number of phosphoric acid groups is 1. The Morgan fingerprint density at radius 3 is 1.68 bits per heavy atom. The molecule has 0 bridgehead atoms. The molecule has 0 aliphatic heterocycles. The minimum absolute atomic E-state index is 0.0129. The lowest BCUT2D eigenvalue weighted by Gasteiger charge is -2.03. The molecule has 0 radical (unpaired) electrons. The topological polar surface area (TPSA) is 263 Å². The molecule has 1 atom stereocenters. The fourth-order valence-corrected chi connectivity index (χ4v) is 0.643. The van der Waals surface area contributed by atoms with Crippen LogP contribution in [0.25, 0.3) is 0 Å². The fourth-order valence-electron chi connectivity index (χ4n) is 0.643. The van der Waals surface area contributed by atoms with E-state index in [1.54, 1.807) is 0 Å². The van der Waals surface area contributed by atoms with Crippen molar-refractivity contribution in [3.05, 3.63) is 0 Å². The van der Waals surface area contributed by atoms with Gasteiger partial charge < -0.3 is 37.0 Å². The fraction of sp³-hybridized carbons (Fsp3) is 0.667. The van der Waals surface area contributed by atoms with Gasteiger partial charge in [0.15, 0.2) is 5.96 Å². The van der Waals surface area contributed by atoms with Crippen molar-refractivity contribution in [2.75, 3.05) is 6.54 Å². The zero-order valence-corrected chi connectivity index (χ0v) is 12.8. The van der Waals surface area contributed by atoms with Crippen molar-refractivity contribution in [2.45, 2.75) is 18.9 Å². The van der Waals surface area contributed by atoms with E-state index in [2.05, 4.69) is 4.99 Å². The molecule has 0 unspecified atom stereocenters. The molecule has 0 heterocycles. The summed E-state index contributed by atoms with van der Waals surface area (Å²) < 4.78 is 27.9. The van der Waals surface area contributed by atoms with E-state index in [-0.39, 0.29) is 5.96 Å². The monoisotopic (exact) mass is 372 g/mol. The van der Waals surface area contributed by atoms with Gasteiger partial charge in [-0.2, -0.15) is 0 Å². The largest absolute Gasteiger partial charge is 0.507 e. The summed E-state index contributed by atoms with van der Waals surface area (Å²) in [6.07, 6.45) is 0.956. The van der Waals surface area contributed by atoms with Gasteiger partial charge in [0.2, 0.25) is 0 Å². The van der Waals surface area contributed by atoms with Gasteiger partial charge in [0.05, 0.1) is 0 Å². The number of hydrogen-bond acceptors (Lipinski definition) is 5. The molecular formula is C6H19FN4O9P2. The minimum Gasteiger partial charge on any atom is -0.480 e. The third-order valence-electron chi connectivity index (χ3n) is 1.28. The van der Waals surface area contributed by atoms with Crippen molar-refractivity contribution in [3.63, 3.8) is 0 Å². The number of halogens is 1. The Kier molecular flexibility index (Phi) is 14.6. The molecule has 0 aromatic rings. The maximum atomic E-state index is 10.4. The van der Waals surface area contributed by atoms with E-state index in [9.17, 15) is 8.99 Å². The number of guanidine groups is 1. The van der Waals surface area contributed by atoms with Crippen molar-refractivity contribution in [1.82, 2.24) is 0 Å². The number of carboxylic acids is 1. The van der Waals surface area contributed by atoms with Crippen LogP contribution in [0.3, 0.4) is 0 Å². The SMILES string of the molecule is NC(N)=NCCC[C@H](N)C(=O)O.O=P(O)(O)F.O=P(O)(O)O. The van der Waals surface area contributed by atoms with Gasteiger partial charge in [0.25, 0.3) is 0 Å². The van der Waals surface area contributed by atoms with Crippen LogP contribution in [-0.4, -0.2) is 54.1 Å². The molecule has 0 fully saturated rings. The molecule has 12 N–H and O–H groups in total. The highest BCUT2D eigenvalue weighted by Gasteiger charge is 2.09. The molecule has 0 rings (SSSR count). The molecule has 0 aromatic heterocycles. The highest BCUT2D eigenvalue weighted by molar-refractivity contribution is 7.45. The summed E-state index contributed by atoms with van der Waals surface area (Å²) in [5.41, 5.74) is 15.3. The van der Waals surface area contributed by atoms with Crippen molar-refractivity contribution in [2.24, 2.45) is 22.2 Å². The van der Waals surface area contributed by atoms with E-state index in [1.165, 1.54) is 0 Å². The van der Waals surface area contributed by atoms with Crippen LogP contribution in [0.2, 0.25) is 0 Å². The van der Waals surface area contributed by atoms with Gasteiger partial charge in [-0.1, -0.05) is 0 Å². The summed E-state index contributed by atoms with van der Waals surface area (Å²) in [4.78, 5) is 49.4. The van der Waals surface area contributed by atoms with Gasteiger partial charge >= 0.3 is 21.7 Å². The summed E-state index contributed by atoms with van der Waals surface area (Å²) in [6, 6.07) is -0.820. The molecule has 22 heavy (non-hydrogen) atoms. The summed E-state index contributed by atoms with van der Waals surface area (Å²) in [5.74, 6) is -0.987. The zero-order chi connectivity index (χ0) is 18.6. The standard InChI is InChI=1S/C6H14N4O2.FH2O3P.H3O4P/c7-4(5(11)12)2-1-3-10-6(8)9;2*1-5(2,3)4/h4H,1-3,7H2,(H,11,12)(H4,8,9,10);(H2,2,3,4);(H3,1,2,3,4)/t4-;;/m0../s1. The molecule has 0 saturated heterocycles. The van der Waals surface area contributed by atoms with Crippen LogP contribution in [0.15, 0.2) is 4.99 Å². The summed E-state index contributed by atoms with van der Waals surface area (Å²) in [6.45, 7) is 0.420. The number of nitrogens with two attached hydrogens (primary N) is 3. The molecule has 0 aliphatic carbocycles. The second-order valence-corrected chi connectivity index (χ2v) is 5.35. The predicted molar refractivity (Wildman–Crippen MR) is 72.9 cm³/mol. The molecule has 0 spiro atoms. The van der Waals surface area contributed by atoms with Crippen LogP contribution in [0, 0.1) is 0 Å². The maximum absolute atomic E-state index is 10.4. The number of carboxylic acid groups (broad SMARTS) is 1. The van der Waals surface area contributed by atoms with Gasteiger partial charge in [-0.3, -0.25) is 19.6 Å². The lowest BCUT2D eigenvalue weighted by atomic mass is 10.2. The Balaban J connectivity index is -0.000000298. The van der Waals surface area contributed by atoms with Crippen LogP contribution in [0.5, 0.6) is 0 Å². The molecule has 0 aliphatic rings. The van der Waals surface area contributed by atoms with Crippen molar-refractivity contribution < 1.29 is 47.7 Å². The van der Waals surface area contributed by atoms with Gasteiger partial charge in [0.1, 0.15) is 6.04 Å². The smallest absolute Gasteiger partial charge is 0.480 e. The van der Waals surface area contributed by atoms with Crippen LogP contribution in [0.1, 0.15) is 12.8 Å². The Labute approximate surface area is 124 Å². The normalized spacial score (nSPS) is 12.0. The number of rotatable bonds is 5. The lowest BCUT2D eigenvalue weighted by Crippen LogP contribution is -2.30. The Bertz CT molecular complexity index is 395. The van der Waals surface area contributed by atoms with Crippen LogP contribution < -0.4 is 17.2 Å². The first-order valence-corrected chi connectivity index (χ1v) is 8.18. The highest BCUT2D eigenvalue weighted by Crippen LogP contribution is 2.35. The van der Waals surface area contributed by atoms with Gasteiger partial charge in [-0.25, -0.2) is 9.13 Å². The third kappa shape index (κ3) is 61.8. The first-order valence-electron chi connectivity index (χ1n) is 5.11. The number of nitrogens with zero attached hydrogens (tertiary/aromatic N) is 1. The van der Waals surface area contributed by atoms with Crippen LogP contribution in [0.4, 0.5) is 4.20 Å². The van der Waals surface area contributed by atoms with Crippen molar-refractivity contribution >= 4 is 27.7 Å². The molecular weight excluding hydrogens is 353 g/mol. The van der Waals surface area contributed by atoms with E-state index in [1.807, 2.05) is 0 Å². The van der Waals surface area contributed by atoms with Gasteiger partial charge in [-0.05, 0) is 12.8 Å². The summed E-state index contributed by atoms with van der Waals surface area (Å²) in [5, 5.41) is 8.38. The van der Waals surface area contributed by atoms with Crippen LogP contribution >= 0.6 is 15.7 Å². The number of aliphatic carboxylic acids is 1. The number of carbonyl (C=O) groups is 1. The summed E-state index contributed by atoms with van der Waals surface area (Å²) in [7, 11) is -9.78. The molecule has 13 nitrogen and oxygen atoms in total. The van der Waals surface area contributed by atoms with E-state index in [0.717, 1.165) is 0 Å². The van der Waals surface area contributed by atoms with E-state index < -0.39 is 27.7 Å². The van der Waals surface area contributed by atoms with Gasteiger partial charge in [-0.15, -0.1) is 4.20 Å².